The number of rotatable bonds is 3. The van der Waals surface area contributed by atoms with Gasteiger partial charge in [0, 0.05) is 6.20 Å². The van der Waals surface area contributed by atoms with Crippen LogP contribution in [-0.4, -0.2) is 13.4 Å². The van der Waals surface area contributed by atoms with Crippen molar-refractivity contribution in [2.24, 2.45) is 10.6 Å². The number of aromatic nitrogens is 1. The molecule has 4 rings (SSSR count). The second kappa shape index (κ2) is 5.01. The first-order valence-electron chi connectivity index (χ1n) is 7.74. The van der Waals surface area contributed by atoms with Crippen molar-refractivity contribution in [1.29, 1.82) is 0 Å². The predicted molar refractivity (Wildman–Crippen MR) is 89.8 cm³/mol. The summed E-state index contributed by atoms with van der Waals surface area (Å²) in [6.45, 7) is 0. The van der Waals surface area contributed by atoms with Crippen LogP contribution in [-0.2, 0) is 10.0 Å². The summed E-state index contributed by atoms with van der Waals surface area (Å²) in [6.07, 6.45) is 6.01. The molecule has 0 saturated heterocycles. The molecule has 23 heavy (non-hydrogen) atoms. The Morgan fingerprint density at radius 2 is 1.65 bits per heavy atom. The minimum atomic E-state index is -3.70. The fourth-order valence-corrected chi connectivity index (χ4v) is 3.90. The standard InChI is InChI=1S/C18H18N2O2S/c19-23(21,22)14-6-7-17(20-12-14)16-11-18(8-9-18)10-15(16)13-4-2-1-3-5-13/h1-7,12H,8-11H2,(H2,19,21,22). The molecule has 0 atom stereocenters. The first-order chi connectivity index (χ1) is 11.0. The molecule has 1 fully saturated rings. The summed E-state index contributed by atoms with van der Waals surface area (Å²) in [5, 5.41) is 5.15. The minimum Gasteiger partial charge on any atom is -0.255 e. The molecule has 0 bridgehead atoms. The molecule has 0 amide bonds. The van der Waals surface area contributed by atoms with Crippen molar-refractivity contribution in [2.75, 3.05) is 0 Å². The van der Waals surface area contributed by atoms with Crippen LogP contribution in [0.15, 0.2) is 53.6 Å². The monoisotopic (exact) mass is 326 g/mol. The Kier molecular flexibility index (Phi) is 3.18. The third-order valence-corrected chi connectivity index (χ3v) is 5.82. The molecule has 0 aliphatic heterocycles. The maximum absolute atomic E-state index is 11.4. The number of hydrogen-bond acceptors (Lipinski definition) is 3. The Labute approximate surface area is 136 Å². The zero-order chi connectivity index (χ0) is 16.1. The third kappa shape index (κ3) is 2.71. The van der Waals surface area contributed by atoms with Crippen molar-refractivity contribution in [3.8, 4) is 0 Å². The number of allylic oxidation sites excluding steroid dienone is 2. The highest BCUT2D eigenvalue weighted by Gasteiger charge is 2.48. The van der Waals surface area contributed by atoms with Crippen LogP contribution in [0.3, 0.4) is 0 Å². The number of nitrogens with zero attached hydrogens (tertiary/aromatic N) is 1. The van der Waals surface area contributed by atoms with E-state index in [1.807, 2.05) is 6.07 Å². The van der Waals surface area contributed by atoms with Gasteiger partial charge in [0.15, 0.2) is 0 Å². The predicted octanol–water partition coefficient (Wildman–Crippen LogP) is 3.21. The van der Waals surface area contributed by atoms with E-state index in [0.29, 0.717) is 5.41 Å². The van der Waals surface area contributed by atoms with Gasteiger partial charge in [-0.25, -0.2) is 13.6 Å². The van der Waals surface area contributed by atoms with Crippen LogP contribution in [0.2, 0.25) is 0 Å². The summed E-state index contributed by atoms with van der Waals surface area (Å²) in [7, 11) is -3.70. The first kappa shape index (κ1) is 14.6. The second-order valence-electron chi connectivity index (χ2n) is 6.60. The molecule has 2 aliphatic rings. The van der Waals surface area contributed by atoms with E-state index in [4.69, 9.17) is 5.14 Å². The number of hydrogen-bond donors (Lipinski definition) is 1. The maximum atomic E-state index is 11.4. The van der Waals surface area contributed by atoms with Crippen molar-refractivity contribution in [3.05, 3.63) is 59.9 Å². The average Bonchev–Trinajstić information content (AvgIpc) is 3.18. The molecule has 2 aromatic rings. The highest BCUT2D eigenvalue weighted by molar-refractivity contribution is 7.89. The van der Waals surface area contributed by atoms with Gasteiger partial charge in [-0.05, 0) is 59.9 Å². The Bertz CT molecular complexity index is 880. The number of pyridine rings is 1. The Hall–Kier alpha value is -1.98. The van der Waals surface area contributed by atoms with Gasteiger partial charge in [-0.3, -0.25) is 4.98 Å². The van der Waals surface area contributed by atoms with Gasteiger partial charge in [-0.1, -0.05) is 30.3 Å². The molecule has 4 nitrogen and oxygen atoms in total. The van der Waals surface area contributed by atoms with E-state index < -0.39 is 10.0 Å². The van der Waals surface area contributed by atoms with E-state index in [1.165, 1.54) is 35.7 Å². The van der Waals surface area contributed by atoms with Gasteiger partial charge in [-0.2, -0.15) is 0 Å². The SMILES string of the molecule is NS(=O)(=O)c1ccc(C2=C(c3ccccc3)CC3(CC3)C2)nc1. The molecule has 5 heteroatoms. The zero-order valence-electron chi connectivity index (χ0n) is 12.7. The summed E-state index contributed by atoms with van der Waals surface area (Å²) in [6, 6.07) is 13.7. The van der Waals surface area contributed by atoms with Crippen LogP contribution in [0.4, 0.5) is 0 Å². The lowest BCUT2D eigenvalue weighted by molar-refractivity contribution is 0.567. The summed E-state index contributed by atoms with van der Waals surface area (Å²) in [5.41, 5.74) is 5.11. The summed E-state index contributed by atoms with van der Waals surface area (Å²) in [5.74, 6) is 0. The molecule has 1 aromatic heterocycles. The number of sulfonamides is 1. The van der Waals surface area contributed by atoms with Crippen molar-refractivity contribution in [1.82, 2.24) is 4.98 Å². The van der Waals surface area contributed by atoms with Crippen LogP contribution < -0.4 is 5.14 Å². The number of nitrogens with two attached hydrogens (primary N) is 1. The largest absolute Gasteiger partial charge is 0.255 e. The van der Waals surface area contributed by atoms with E-state index in [2.05, 4.69) is 29.2 Å². The molecule has 1 saturated carbocycles. The maximum Gasteiger partial charge on any atom is 0.239 e. The van der Waals surface area contributed by atoms with Gasteiger partial charge in [-0.15, -0.1) is 0 Å². The van der Waals surface area contributed by atoms with Crippen molar-refractivity contribution in [2.45, 2.75) is 30.6 Å². The Balaban J connectivity index is 1.78. The quantitative estimate of drug-likeness (QED) is 0.941. The van der Waals surface area contributed by atoms with E-state index in [9.17, 15) is 8.42 Å². The van der Waals surface area contributed by atoms with E-state index in [1.54, 1.807) is 12.1 Å². The van der Waals surface area contributed by atoms with Crippen molar-refractivity contribution < 1.29 is 8.42 Å². The van der Waals surface area contributed by atoms with E-state index in [0.717, 1.165) is 18.5 Å². The molecule has 0 radical (unpaired) electrons. The molecule has 1 aromatic carbocycles. The zero-order valence-corrected chi connectivity index (χ0v) is 13.5. The lowest BCUT2D eigenvalue weighted by Crippen LogP contribution is -2.12. The van der Waals surface area contributed by atoms with Crippen LogP contribution in [0.5, 0.6) is 0 Å². The lowest BCUT2D eigenvalue weighted by Gasteiger charge is -2.08. The fraction of sp³-hybridized carbons (Fsp3) is 0.278. The highest BCUT2D eigenvalue weighted by atomic mass is 32.2. The van der Waals surface area contributed by atoms with Gasteiger partial charge in [0.1, 0.15) is 4.90 Å². The van der Waals surface area contributed by atoms with Gasteiger partial charge >= 0.3 is 0 Å². The lowest BCUT2D eigenvalue weighted by atomic mass is 9.99. The van der Waals surface area contributed by atoms with Crippen LogP contribution in [0.1, 0.15) is 36.9 Å². The van der Waals surface area contributed by atoms with E-state index >= 15 is 0 Å². The van der Waals surface area contributed by atoms with E-state index in [-0.39, 0.29) is 4.90 Å². The normalized spacial score (nSPS) is 19.3. The Morgan fingerprint density at radius 1 is 0.957 bits per heavy atom. The van der Waals surface area contributed by atoms with Crippen LogP contribution in [0, 0.1) is 5.41 Å². The van der Waals surface area contributed by atoms with Crippen molar-refractivity contribution in [3.63, 3.8) is 0 Å². The first-order valence-corrected chi connectivity index (χ1v) is 9.28. The Morgan fingerprint density at radius 3 is 2.22 bits per heavy atom. The average molecular weight is 326 g/mol. The molecule has 0 unspecified atom stereocenters. The summed E-state index contributed by atoms with van der Waals surface area (Å²) in [4.78, 5) is 4.44. The topological polar surface area (TPSA) is 73.1 Å². The molecule has 2 N–H and O–H groups in total. The third-order valence-electron chi connectivity index (χ3n) is 4.92. The van der Waals surface area contributed by atoms with Crippen molar-refractivity contribution >= 4 is 21.2 Å². The molecular formula is C18H18N2O2S. The minimum absolute atomic E-state index is 0.0576. The smallest absolute Gasteiger partial charge is 0.239 e. The van der Waals surface area contributed by atoms with Crippen LogP contribution in [0.25, 0.3) is 11.1 Å². The number of benzene rings is 1. The second-order valence-corrected chi connectivity index (χ2v) is 8.16. The fourth-order valence-electron chi connectivity index (χ4n) is 3.44. The number of primary sulfonamides is 1. The molecular weight excluding hydrogens is 308 g/mol. The molecule has 2 aliphatic carbocycles. The molecule has 1 spiro atoms. The summed E-state index contributed by atoms with van der Waals surface area (Å²) < 4.78 is 22.8. The van der Waals surface area contributed by atoms with Gasteiger partial charge in [0.2, 0.25) is 10.0 Å². The van der Waals surface area contributed by atoms with Gasteiger partial charge in [0.05, 0.1) is 5.69 Å². The molecule has 1 heterocycles. The van der Waals surface area contributed by atoms with Crippen LogP contribution >= 0.6 is 0 Å². The summed E-state index contributed by atoms with van der Waals surface area (Å²) >= 11 is 0. The molecule has 118 valence electrons. The van der Waals surface area contributed by atoms with Gasteiger partial charge in [0.25, 0.3) is 0 Å². The van der Waals surface area contributed by atoms with Gasteiger partial charge < -0.3 is 0 Å². The highest BCUT2D eigenvalue weighted by Crippen LogP contribution is 2.63.